The summed E-state index contributed by atoms with van der Waals surface area (Å²) in [4.78, 5) is 10.0. The number of hydrogen-bond donors (Lipinski definition) is 0. The Labute approximate surface area is 94.8 Å². The van der Waals surface area contributed by atoms with Gasteiger partial charge >= 0.3 is 0 Å². The molecule has 0 heterocycles. The molecule has 0 atom stereocenters. The SMILES string of the molecule is O=[C]CCOCc1cccc2ccccc12. The highest BCUT2D eigenvalue weighted by atomic mass is 16.5. The maximum absolute atomic E-state index is 10.0. The Kier molecular flexibility index (Phi) is 3.67. The maximum atomic E-state index is 10.0. The Bertz CT molecular complexity index is 472. The molecule has 0 unspecified atom stereocenters. The zero-order valence-corrected chi connectivity index (χ0v) is 8.98. The molecule has 0 aliphatic heterocycles. The van der Waals surface area contributed by atoms with E-state index in [0.717, 1.165) is 5.56 Å². The molecule has 0 aromatic heterocycles. The Balaban J connectivity index is 2.14. The van der Waals surface area contributed by atoms with Crippen molar-refractivity contribution >= 4 is 17.1 Å². The van der Waals surface area contributed by atoms with Gasteiger partial charge in [0.2, 0.25) is 6.29 Å². The van der Waals surface area contributed by atoms with Crippen molar-refractivity contribution in [3.63, 3.8) is 0 Å². The van der Waals surface area contributed by atoms with Crippen LogP contribution in [0.4, 0.5) is 0 Å². The summed E-state index contributed by atoms with van der Waals surface area (Å²) in [5.41, 5.74) is 1.16. The van der Waals surface area contributed by atoms with Gasteiger partial charge in [-0.15, -0.1) is 0 Å². The first-order valence-corrected chi connectivity index (χ1v) is 5.31. The lowest BCUT2D eigenvalue weighted by Crippen LogP contribution is -1.96. The first-order valence-electron chi connectivity index (χ1n) is 5.31. The second-order valence-corrected chi connectivity index (χ2v) is 3.59. The molecule has 0 spiro atoms. The summed E-state index contributed by atoms with van der Waals surface area (Å²) in [6.45, 7) is 0.982. The molecule has 0 saturated heterocycles. The quantitative estimate of drug-likeness (QED) is 0.714. The van der Waals surface area contributed by atoms with Crippen LogP contribution in [0.2, 0.25) is 0 Å². The second kappa shape index (κ2) is 5.42. The average Bonchev–Trinajstić information content (AvgIpc) is 2.35. The first kappa shape index (κ1) is 10.8. The summed E-state index contributed by atoms with van der Waals surface area (Å²) in [7, 11) is 0. The molecule has 0 aliphatic rings. The van der Waals surface area contributed by atoms with Crippen molar-refractivity contribution in [2.75, 3.05) is 6.61 Å². The van der Waals surface area contributed by atoms with Gasteiger partial charge < -0.3 is 4.74 Å². The lowest BCUT2D eigenvalue weighted by molar-refractivity contribution is 0.128. The van der Waals surface area contributed by atoms with E-state index in [2.05, 4.69) is 18.2 Å². The van der Waals surface area contributed by atoms with Crippen LogP contribution >= 0.6 is 0 Å². The largest absolute Gasteiger partial charge is 0.376 e. The number of rotatable bonds is 5. The molecule has 0 N–H and O–H groups in total. The fourth-order valence-corrected chi connectivity index (χ4v) is 1.71. The lowest BCUT2D eigenvalue weighted by atomic mass is 10.1. The van der Waals surface area contributed by atoms with Crippen LogP contribution < -0.4 is 0 Å². The first-order chi connectivity index (χ1) is 7.92. The van der Waals surface area contributed by atoms with Gasteiger partial charge in [-0.25, -0.2) is 0 Å². The third-order valence-electron chi connectivity index (χ3n) is 2.49. The zero-order valence-electron chi connectivity index (χ0n) is 8.98. The minimum Gasteiger partial charge on any atom is -0.376 e. The van der Waals surface area contributed by atoms with Crippen LogP contribution in [-0.2, 0) is 16.1 Å². The minimum atomic E-state index is 0.338. The average molecular weight is 213 g/mol. The van der Waals surface area contributed by atoms with E-state index in [4.69, 9.17) is 4.74 Å². The van der Waals surface area contributed by atoms with E-state index in [0.29, 0.717) is 19.6 Å². The van der Waals surface area contributed by atoms with E-state index in [1.54, 1.807) is 0 Å². The zero-order chi connectivity index (χ0) is 11.2. The summed E-state index contributed by atoms with van der Waals surface area (Å²) in [5.74, 6) is 0. The van der Waals surface area contributed by atoms with Crippen molar-refractivity contribution in [3.8, 4) is 0 Å². The monoisotopic (exact) mass is 213 g/mol. The van der Waals surface area contributed by atoms with E-state index >= 15 is 0 Å². The molecule has 2 nitrogen and oxygen atoms in total. The van der Waals surface area contributed by atoms with Gasteiger partial charge in [0.1, 0.15) is 0 Å². The molecule has 0 fully saturated rings. The molecule has 0 aliphatic carbocycles. The Morgan fingerprint density at radius 2 is 1.88 bits per heavy atom. The summed E-state index contributed by atoms with van der Waals surface area (Å²) in [6.07, 6.45) is 2.15. The van der Waals surface area contributed by atoms with Gasteiger partial charge in [-0.2, -0.15) is 0 Å². The second-order valence-electron chi connectivity index (χ2n) is 3.59. The van der Waals surface area contributed by atoms with Crippen LogP contribution in [0.25, 0.3) is 10.8 Å². The van der Waals surface area contributed by atoms with Gasteiger partial charge in [0, 0.05) is 6.42 Å². The van der Waals surface area contributed by atoms with Crippen LogP contribution in [0.1, 0.15) is 12.0 Å². The molecule has 0 amide bonds. The molecular formula is C14H13O2. The summed E-state index contributed by atoms with van der Waals surface area (Å²) < 4.78 is 5.41. The van der Waals surface area contributed by atoms with Crippen LogP contribution in [0.15, 0.2) is 42.5 Å². The molecular weight excluding hydrogens is 200 g/mol. The van der Waals surface area contributed by atoms with Crippen molar-refractivity contribution in [3.05, 3.63) is 48.0 Å². The number of fused-ring (bicyclic) bond motifs is 1. The van der Waals surface area contributed by atoms with Gasteiger partial charge in [-0.05, 0) is 16.3 Å². The van der Waals surface area contributed by atoms with Crippen LogP contribution in [0.3, 0.4) is 0 Å². The van der Waals surface area contributed by atoms with Gasteiger partial charge in [0.05, 0.1) is 13.2 Å². The predicted molar refractivity (Wildman–Crippen MR) is 63.9 cm³/mol. The molecule has 1 radical (unpaired) electrons. The van der Waals surface area contributed by atoms with E-state index in [-0.39, 0.29) is 0 Å². The number of ether oxygens (including phenoxy) is 1. The molecule has 2 heteroatoms. The molecule has 2 aromatic carbocycles. The molecule has 0 bridgehead atoms. The fraction of sp³-hybridized carbons (Fsp3) is 0.214. The summed E-state index contributed by atoms with van der Waals surface area (Å²) in [5, 5.41) is 2.42. The highest BCUT2D eigenvalue weighted by molar-refractivity contribution is 5.85. The number of benzene rings is 2. The molecule has 81 valence electrons. The number of hydrogen-bond acceptors (Lipinski definition) is 2. The minimum absolute atomic E-state index is 0.338. The van der Waals surface area contributed by atoms with Crippen LogP contribution in [0.5, 0.6) is 0 Å². The van der Waals surface area contributed by atoms with Crippen LogP contribution in [0, 0.1) is 0 Å². The third kappa shape index (κ3) is 2.47. The van der Waals surface area contributed by atoms with E-state index in [1.165, 1.54) is 10.8 Å². The Morgan fingerprint density at radius 3 is 2.75 bits per heavy atom. The van der Waals surface area contributed by atoms with E-state index in [1.807, 2.05) is 30.6 Å². The standard InChI is InChI=1S/C14H13O2/c15-9-4-10-16-11-13-7-3-6-12-5-1-2-8-14(12)13/h1-3,5-8H,4,10-11H2. The summed E-state index contributed by atoms with van der Waals surface area (Å²) in [6, 6.07) is 14.4. The Morgan fingerprint density at radius 1 is 1.06 bits per heavy atom. The van der Waals surface area contributed by atoms with Crippen molar-refractivity contribution < 1.29 is 9.53 Å². The normalized spacial score (nSPS) is 10.5. The molecule has 16 heavy (non-hydrogen) atoms. The van der Waals surface area contributed by atoms with Crippen molar-refractivity contribution in [1.82, 2.24) is 0 Å². The van der Waals surface area contributed by atoms with Gasteiger partial charge in [-0.3, -0.25) is 4.79 Å². The molecule has 0 saturated carbocycles. The van der Waals surface area contributed by atoms with Gasteiger partial charge in [0.15, 0.2) is 0 Å². The van der Waals surface area contributed by atoms with Crippen LogP contribution in [-0.4, -0.2) is 12.9 Å². The lowest BCUT2D eigenvalue weighted by Gasteiger charge is -2.06. The smallest absolute Gasteiger partial charge is 0.200 e. The number of carbonyl (C=O) groups excluding carboxylic acids is 1. The highest BCUT2D eigenvalue weighted by Gasteiger charge is 1.99. The van der Waals surface area contributed by atoms with Gasteiger partial charge in [0.25, 0.3) is 0 Å². The maximum Gasteiger partial charge on any atom is 0.200 e. The van der Waals surface area contributed by atoms with Crippen molar-refractivity contribution in [1.29, 1.82) is 0 Å². The topological polar surface area (TPSA) is 26.3 Å². The molecule has 2 aromatic rings. The van der Waals surface area contributed by atoms with Gasteiger partial charge in [-0.1, -0.05) is 42.5 Å². The van der Waals surface area contributed by atoms with Crippen molar-refractivity contribution in [2.24, 2.45) is 0 Å². The van der Waals surface area contributed by atoms with E-state index in [9.17, 15) is 4.79 Å². The highest BCUT2D eigenvalue weighted by Crippen LogP contribution is 2.18. The van der Waals surface area contributed by atoms with Crippen molar-refractivity contribution in [2.45, 2.75) is 13.0 Å². The fourth-order valence-electron chi connectivity index (χ4n) is 1.71. The predicted octanol–water partition coefficient (Wildman–Crippen LogP) is 2.86. The summed E-state index contributed by atoms with van der Waals surface area (Å²) >= 11 is 0. The Hall–Kier alpha value is -1.67. The third-order valence-corrected chi connectivity index (χ3v) is 2.49. The van der Waals surface area contributed by atoms with E-state index < -0.39 is 0 Å². The molecule has 2 rings (SSSR count).